The lowest BCUT2D eigenvalue weighted by atomic mass is 9.69. The summed E-state index contributed by atoms with van der Waals surface area (Å²) in [6.45, 7) is 6.16. The molecule has 0 aromatic rings. The lowest BCUT2D eigenvalue weighted by Gasteiger charge is -2.43. The summed E-state index contributed by atoms with van der Waals surface area (Å²) < 4.78 is 52.8. The number of halogens is 4. The fourth-order valence-corrected chi connectivity index (χ4v) is 1.37. The lowest BCUT2D eigenvalue weighted by molar-refractivity contribution is -0.231. The number of hydrogen-bond donors (Lipinski definition) is 0. The van der Waals surface area contributed by atoms with E-state index in [0.717, 1.165) is 6.92 Å². The fraction of sp³-hybridized carbons (Fsp3) is 1.00. The van der Waals surface area contributed by atoms with Crippen LogP contribution in [0.25, 0.3) is 0 Å². The first-order chi connectivity index (χ1) is 6.00. The van der Waals surface area contributed by atoms with Gasteiger partial charge in [-0.3, -0.25) is 0 Å². The van der Waals surface area contributed by atoms with Crippen LogP contribution in [0.2, 0.25) is 0 Å². The molecule has 0 heterocycles. The monoisotopic (exact) mass is 214 g/mol. The molecule has 0 aromatic heterocycles. The third kappa shape index (κ3) is 1.89. The second-order valence-corrected chi connectivity index (χ2v) is 4.90. The Hall–Kier alpha value is -0.280. The summed E-state index contributed by atoms with van der Waals surface area (Å²) in [6, 6.07) is 0. The number of alkyl halides is 4. The van der Waals surface area contributed by atoms with Crippen molar-refractivity contribution in [2.24, 2.45) is 10.8 Å². The zero-order valence-corrected chi connectivity index (χ0v) is 9.30. The standard InChI is InChI=1S/C10H18F4/c1-6-9(5,7(11)12)10(13,14)8(2,3)4/h7H,6H2,1-5H3. The van der Waals surface area contributed by atoms with Crippen LogP contribution in [0.15, 0.2) is 0 Å². The smallest absolute Gasteiger partial charge is 0.210 e. The summed E-state index contributed by atoms with van der Waals surface area (Å²) in [5.41, 5.74) is -3.70. The summed E-state index contributed by atoms with van der Waals surface area (Å²) in [4.78, 5) is 0. The zero-order chi connectivity index (χ0) is 11.8. The molecule has 14 heavy (non-hydrogen) atoms. The average molecular weight is 214 g/mol. The maximum absolute atomic E-state index is 13.8. The Balaban J connectivity index is 5.22. The van der Waals surface area contributed by atoms with Crippen molar-refractivity contribution in [1.29, 1.82) is 0 Å². The van der Waals surface area contributed by atoms with Gasteiger partial charge in [0.25, 0.3) is 5.92 Å². The molecule has 1 unspecified atom stereocenters. The second-order valence-electron chi connectivity index (χ2n) is 4.90. The molecule has 86 valence electrons. The summed E-state index contributed by atoms with van der Waals surface area (Å²) >= 11 is 0. The van der Waals surface area contributed by atoms with Gasteiger partial charge in [0.05, 0.1) is 5.41 Å². The van der Waals surface area contributed by atoms with Crippen LogP contribution < -0.4 is 0 Å². The van der Waals surface area contributed by atoms with Crippen molar-refractivity contribution < 1.29 is 17.6 Å². The summed E-state index contributed by atoms with van der Waals surface area (Å²) in [5, 5.41) is 0. The number of rotatable bonds is 3. The van der Waals surface area contributed by atoms with Gasteiger partial charge in [-0.05, 0) is 13.3 Å². The molecule has 0 aliphatic heterocycles. The molecule has 0 N–H and O–H groups in total. The molecule has 0 rings (SSSR count). The van der Waals surface area contributed by atoms with Crippen LogP contribution in [-0.2, 0) is 0 Å². The van der Waals surface area contributed by atoms with E-state index in [2.05, 4.69) is 0 Å². The third-order valence-corrected chi connectivity index (χ3v) is 2.88. The van der Waals surface area contributed by atoms with E-state index >= 15 is 0 Å². The van der Waals surface area contributed by atoms with Gasteiger partial charge in [0.1, 0.15) is 0 Å². The highest BCUT2D eigenvalue weighted by molar-refractivity contribution is 4.97. The second kappa shape index (κ2) is 3.70. The minimum absolute atomic E-state index is 0.241. The molecule has 4 heteroatoms. The highest BCUT2D eigenvalue weighted by atomic mass is 19.3. The Morgan fingerprint density at radius 1 is 1.00 bits per heavy atom. The maximum atomic E-state index is 13.8. The van der Waals surface area contributed by atoms with E-state index in [0.29, 0.717) is 0 Å². The normalized spacial score (nSPS) is 18.4. The molecule has 0 bridgehead atoms. The SMILES string of the molecule is CCC(C)(C(F)F)C(F)(F)C(C)(C)C. The van der Waals surface area contributed by atoms with Gasteiger partial charge in [-0.2, -0.15) is 0 Å². The van der Waals surface area contributed by atoms with E-state index in [1.807, 2.05) is 0 Å². The molecular weight excluding hydrogens is 196 g/mol. The van der Waals surface area contributed by atoms with Gasteiger partial charge in [-0.25, -0.2) is 17.6 Å². The van der Waals surface area contributed by atoms with Gasteiger partial charge >= 0.3 is 0 Å². The molecule has 0 saturated heterocycles. The lowest BCUT2D eigenvalue weighted by Crippen LogP contribution is -2.52. The van der Waals surface area contributed by atoms with Crippen LogP contribution >= 0.6 is 0 Å². The van der Waals surface area contributed by atoms with Crippen molar-refractivity contribution in [3.8, 4) is 0 Å². The molecule has 0 nitrogen and oxygen atoms in total. The Kier molecular flexibility index (Phi) is 3.63. The Labute approximate surface area is 82.7 Å². The molecule has 0 radical (unpaired) electrons. The molecule has 1 atom stereocenters. The molecule has 0 fully saturated rings. The van der Waals surface area contributed by atoms with Crippen LogP contribution in [0.5, 0.6) is 0 Å². The predicted octanol–water partition coefficient (Wildman–Crippen LogP) is 4.35. The third-order valence-electron chi connectivity index (χ3n) is 2.88. The Morgan fingerprint density at radius 2 is 1.36 bits per heavy atom. The van der Waals surface area contributed by atoms with E-state index in [-0.39, 0.29) is 6.42 Å². The molecule has 0 amide bonds. The van der Waals surface area contributed by atoms with Crippen molar-refractivity contribution in [3.05, 3.63) is 0 Å². The van der Waals surface area contributed by atoms with Crippen LogP contribution in [-0.4, -0.2) is 12.3 Å². The van der Waals surface area contributed by atoms with E-state index in [1.54, 1.807) is 0 Å². The van der Waals surface area contributed by atoms with Gasteiger partial charge in [0, 0.05) is 5.41 Å². The van der Waals surface area contributed by atoms with Gasteiger partial charge < -0.3 is 0 Å². The van der Waals surface area contributed by atoms with Crippen molar-refractivity contribution in [2.45, 2.75) is 53.4 Å². The molecule has 0 spiro atoms. The van der Waals surface area contributed by atoms with E-state index in [4.69, 9.17) is 0 Å². The molecule has 0 saturated carbocycles. The molecular formula is C10H18F4. The minimum atomic E-state index is -3.39. The van der Waals surface area contributed by atoms with Crippen LogP contribution in [0.3, 0.4) is 0 Å². The quantitative estimate of drug-likeness (QED) is 0.613. The van der Waals surface area contributed by atoms with Crippen molar-refractivity contribution in [3.63, 3.8) is 0 Å². The predicted molar refractivity (Wildman–Crippen MR) is 48.8 cm³/mol. The topological polar surface area (TPSA) is 0 Å². The van der Waals surface area contributed by atoms with Crippen LogP contribution in [0.4, 0.5) is 17.6 Å². The largest absolute Gasteiger partial charge is 0.263 e. The minimum Gasteiger partial charge on any atom is -0.210 e. The van der Waals surface area contributed by atoms with E-state index < -0.39 is 23.2 Å². The first-order valence-corrected chi connectivity index (χ1v) is 4.66. The van der Waals surface area contributed by atoms with E-state index in [1.165, 1.54) is 27.7 Å². The summed E-state index contributed by atoms with van der Waals surface area (Å²) in [6.07, 6.45) is -3.25. The molecule has 0 aliphatic rings. The Bertz CT molecular complexity index is 190. The first kappa shape index (κ1) is 13.7. The molecule has 0 aromatic carbocycles. The van der Waals surface area contributed by atoms with Crippen LogP contribution in [0.1, 0.15) is 41.0 Å². The van der Waals surface area contributed by atoms with E-state index in [9.17, 15) is 17.6 Å². The van der Waals surface area contributed by atoms with Gasteiger partial charge in [0.2, 0.25) is 6.43 Å². The fourth-order valence-electron chi connectivity index (χ4n) is 1.37. The van der Waals surface area contributed by atoms with Crippen molar-refractivity contribution >= 4 is 0 Å². The number of hydrogen-bond acceptors (Lipinski definition) is 0. The first-order valence-electron chi connectivity index (χ1n) is 4.66. The molecule has 0 aliphatic carbocycles. The highest BCUT2D eigenvalue weighted by Crippen LogP contribution is 2.53. The highest BCUT2D eigenvalue weighted by Gasteiger charge is 2.61. The van der Waals surface area contributed by atoms with Gasteiger partial charge in [-0.15, -0.1) is 0 Å². The average Bonchev–Trinajstić information content (AvgIpc) is 2.00. The summed E-state index contributed by atoms with van der Waals surface area (Å²) in [7, 11) is 0. The van der Waals surface area contributed by atoms with Gasteiger partial charge in [0.15, 0.2) is 0 Å². The van der Waals surface area contributed by atoms with Gasteiger partial charge in [-0.1, -0.05) is 27.7 Å². The van der Waals surface area contributed by atoms with Crippen molar-refractivity contribution in [1.82, 2.24) is 0 Å². The Morgan fingerprint density at radius 3 is 1.43 bits per heavy atom. The zero-order valence-electron chi connectivity index (χ0n) is 9.30. The summed E-state index contributed by atoms with van der Waals surface area (Å²) in [5.74, 6) is -3.39. The van der Waals surface area contributed by atoms with Crippen LogP contribution in [0, 0.1) is 10.8 Å². The maximum Gasteiger partial charge on any atom is 0.263 e. The van der Waals surface area contributed by atoms with Crippen molar-refractivity contribution in [2.75, 3.05) is 0 Å².